The van der Waals surface area contributed by atoms with Crippen LogP contribution in [0.5, 0.6) is 0 Å². The summed E-state index contributed by atoms with van der Waals surface area (Å²) in [5.41, 5.74) is 0.253. The van der Waals surface area contributed by atoms with Crippen LogP contribution in [-0.4, -0.2) is 42.2 Å². The third kappa shape index (κ3) is 2.91. The highest BCUT2D eigenvalue weighted by molar-refractivity contribution is 5.88. The third-order valence-corrected chi connectivity index (χ3v) is 3.61. The summed E-state index contributed by atoms with van der Waals surface area (Å²) in [6, 6.07) is 1.92. The van der Waals surface area contributed by atoms with Gasteiger partial charge < -0.3 is 19.7 Å². The zero-order chi connectivity index (χ0) is 13.1. The van der Waals surface area contributed by atoms with Crippen molar-refractivity contribution in [3.05, 3.63) is 23.7 Å². The van der Waals surface area contributed by atoms with Crippen LogP contribution >= 0.6 is 0 Å². The second-order valence-corrected chi connectivity index (χ2v) is 5.08. The number of aromatic carboxylic acids is 1. The maximum absolute atomic E-state index is 10.9. The largest absolute Gasteiger partial charge is 0.478 e. The summed E-state index contributed by atoms with van der Waals surface area (Å²) in [5, 5.41) is 12.4. The Morgan fingerprint density at radius 1 is 1.67 bits per heavy atom. The van der Waals surface area contributed by atoms with Gasteiger partial charge in [-0.1, -0.05) is 6.92 Å². The monoisotopic (exact) mass is 252 g/mol. The molecule has 18 heavy (non-hydrogen) atoms. The molecule has 0 amide bonds. The van der Waals surface area contributed by atoms with E-state index >= 15 is 0 Å². The van der Waals surface area contributed by atoms with Crippen molar-refractivity contribution in [2.24, 2.45) is 5.92 Å². The molecule has 5 heteroatoms. The van der Waals surface area contributed by atoms with Gasteiger partial charge in [-0.2, -0.15) is 0 Å². The average molecular weight is 252 g/mol. The number of nitrogens with zero attached hydrogens (tertiary/aromatic N) is 1. The quantitative estimate of drug-likeness (QED) is 0.848. The number of hydrogen-bond acceptors (Lipinski definition) is 4. The third-order valence-electron chi connectivity index (χ3n) is 3.61. The summed E-state index contributed by atoms with van der Waals surface area (Å²) in [5.74, 6) is 0.137. The highest BCUT2D eigenvalue weighted by atomic mass is 16.4. The lowest BCUT2D eigenvalue weighted by molar-refractivity contribution is 0.0694. The summed E-state index contributed by atoms with van der Waals surface area (Å²) in [7, 11) is 2.13. The van der Waals surface area contributed by atoms with Crippen LogP contribution in [-0.2, 0) is 6.54 Å². The van der Waals surface area contributed by atoms with Gasteiger partial charge in [-0.05, 0) is 32.0 Å². The van der Waals surface area contributed by atoms with Crippen molar-refractivity contribution in [3.8, 4) is 0 Å². The van der Waals surface area contributed by atoms with E-state index in [2.05, 4.69) is 24.2 Å². The van der Waals surface area contributed by atoms with Crippen molar-refractivity contribution >= 4 is 5.97 Å². The van der Waals surface area contributed by atoms with E-state index in [4.69, 9.17) is 9.52 Å². The fraction of sp³-hybridized carbons (Fsp3) is 0.615. The van der Waals surface area contributed by atoms with Crippen LogP contribution < -0.4 is 5.32 Å². The highest BCUT2D eigenvalue weighted by Gasteiger charge is 2.24. The second kappa shape index (κ2) is 5.54. The van der Waals surface area contributed by atoms with Gasteiger partial charge in [0.1, 0.15) is 11.3 Å². The van der Waals surface area contributed by atoms with Crippen LogP contribution in [0, 0.1) is 5.92 Å². The Kier molecular flexibility index (Phi) is 4.04. The van der Waals surface area contributed by atoms with Crippen molar-refractivity contribution in [2.75, 3.05) is 20.1 Å². The second-order valence-electron chi connectivity index (χ2n) is 5.08. The van der Waals surface area contributed by atoms with E-state index in [1.807, 2.05) is 0 Å². The molecule has 1 aromatic heterocycles. The lowest BCUT2D eigenvalue weighted by atomic mass is 9.94. The molecule has 5 nitrogen and oxygen atoms in total. The first-order valence-corrected chi connectivity index (χ1v) is 6.29. The van der Waals surface area contributed by atoms with Gasteiger partial charge in [0.15, 0.2) is 0 Å². The molecule has 2 heterocycles. The number of rotatable bonds is 4. The van der Waals surface area contributed by atoms with E-state index in [0.717, 1.165) is 19.5 Å². The summed E-state index contributed by atoms with van der Waals surface area (Å²) >= 11 is 0. The summed E-state index contributed by atoms with van der Waals surface area (Å²) in [6.07, 6.45) is 2.51. The Bertz CT molecular complexity index is 416. The molecule has 0 spiro atoms. The molecule has 2 N–H and O–H groups in total. The van der Waals surface area contributed by atoms with Crippen LogP contribution in [0.2, 0.25) is 0 Å². The molecule has 1 aromatic rings. The van der Waals surface area contributed by atoms with E-state index in [1.165, 1.54) is 12.3 Å². The van der Waals surface area contributed by atoms with Crippen molar-refractivity contribution < 1.29 is 14.3 Å². The normalized spacial score (nSPS) is 25.2. The van der Waals surface area contributed by atoms with Gasteiger partial charge in [0, 0.05) is 12.6 Å². The number of likely N-dealkylation sites (tertiary alicyclic amines) is 1. The van der Waals surface area contributed by atoms with Crippen LogP contribution in [0.3, 0.4) is 0 Å². The number of piperidine rings is 1. The maximum Gasteiger partial charge on any atom is 0.339 e. The molecule has 1 aliphatic heterocycles. The Morgan fingerprint density at radius 2 is 2.44 bits per heavy atom. The minimum Gasteiger partial charge on any atom is -0.478 e. The first kappa shape index (κ1) is 13.1. The van der Waals surface area contributed by atoms with Crippen molar-refractivity contribution in [1.82, 2.24) is 10.2 Å². The molecule has 0 radical (unpaired) electrons. The van der Waals surface area contributed by atoms with E-state index in [0.29, 0.717) is 24.3 Å². The first-order chi connectivity index (χ1) is 8.58. The minimum absolute atomic E-state index is 0.253. The van der Waals surface area contributed by atoms with Crippen molar-refractivity contribution in [3.63, 3.8) is 0 Å². The van der Waals surface area contributed by atoms with E-state index in [9.17, 15) is 4.79 Å². The molecule has 0 saturated carbocycles. The number of hydrogen-bond donors (Lipinski definition) is 2. The zero-order valence-corrected chi connectivity index (χ0v) is 10.8. The number of carboxylic acid groups (broad SMARTS) is 1. The Hall–Kier alpha value is -1.33. The standard InChI is InChI=1S/C13H20N2O3/c1-9-8-15(2)5-3-11(9)14-7-12-10(13(16)17)4-6-18-12/h4,6,9,11,14H,3,5,7-8H2,1-2H3,(H,16,17). The van der Waals surface area contributed by atoms with E-state index in [-0.39, 0.29) is 5.56 Å². The molecule has 1 fully saturated rings. The predicted octanol–water partition coefficient (Wildman–Crippen LogP) is 1.41. The molecule has 0 aliphatic carbocycles. The smallest absolute Gasteiger partial charge is 0.339 e. The Morgan fingerprint density at radius 3 is 3.11 bits per heavy atom. The average Bonchev–Trinajstić information content (AvgIpc) is 2.76. The van der Waals surface area contributed by atoms with Gasteiger partial charge in [-0.25, -0.2) is 4.79 Å². The number of carboxylic acids is 1. The minimum atomic E-state index is -0.933. The molecule has 100 valence electrons. The molecule has 1 aliphatic rings. The predicted molar refractivity (Wildman–Crippen MR) is 67.6 cm³/mol. The number of carbonyl (C=O) groups is 1. The SMILES string of the molecule is CC1CN(C)CCC1NCc1occc1C(=O)O. The van der Waals surface area contributed by atoms with Crippen molar-refractivity contribution in [1.29, 1.82) is 0 Å². The van der Waals surface area contributed by atoms with Gasteiger partial charge in [-0.15, -0.1) is 0 Å². The van der Waals surface area contributed by atoms with Gasteiger partial charge in [0.2, 0.25) is 0 Å². The first-order valence-electron chi connectivity index (χ1n) is 6.29. The maximum atomic E-state index is 10.9. The topological polar surface area (TPSA) is 65.7 Å². The fourth-order valence-corrected chi connectivity index (χ4v) is 2.55. The Balaban J connectivity index is 1.91. The van der Waals surface area contributed by atoms with Crippen LogP contribution in [0.25, 0.3) is 0 Å². The van der Waals surface area contributed by atoms with Crippen molar-refractivity contribution in [2.45, 2.75) is 25.9 Å². The van der Waals surface area contributed by atoms with Gasteiger partial charge >= 0.3 is 5.97 Å². The lowest BCUT2D eigenvalue weighted by Gasteiger charge is -2.35. The molecule has 2 atom stereocenters. The Labute approximate surface area is 107 Å². The molecule has 2 rings (SSSR count). The molecule has 0 aromatic carbocycles. The van der Waals surface area contributed by atoms with E-state index < -0.39 is 5.97 Å². The zero-order valence-electron chi connectivity index (χ0n) is 10.8. The highest BCUT2D eigenvalue weighted by Crippen LogP contribution is 2.17. The number of furan rings is 1. The number of nitrogens with one attached hydrogen (secondary N) is 1. The molecule has 1 saturated heterocycles. The van der Waals surface area contributed by atoms with Crippen LogP contribution in [0.1, 0.15) is 29.5 Å². The fourth-order valence-electron chi connectivity index (χ4n) is 2.55. The summed E-state index contributed by atoms with van der Waals surface area (Å²) in [6.45, 7) is 4.84. The summed E-state index contributed by atoms with van der Waals surface area (Å²) in [4.78, 5) is 13.3. The molecular formula is C13H20N2O3. The lowest BCUT2D eigenvalue weighted by Crippen LogP contribution is -2.46. The van der Waals surface area contributed by atoms with Crippen LogP contribution in [0.4, 0.5) is 0 Å². The van der Waals surface area contributed by atoms with Crippen LogP contribution in [0.15, 0.2) is 16.7 Å². The van der Waals surface area contributed by atoms with Gasteiger partial charge in [-0.3, -0.25) is 0 Å². The molecule has 2 unspecified atom stereocenters. The van der Waals surface area contributed by atoms with Gasteiger partial charge in [0.05, 0.1) is 12.8 Å². The van der Waals surface area contributed by atoms with E-state index in [1.54, 1.807) is 0 Å². The molecular weight excluding hydrogens is 232 g/mol. The van der Waals surface area contributed by atoms with Gasteiger partial charge in [0.25, 0.3) is 0 Å². The molecule has 0 bridgehead atoms. The summed E-state index contributed by atoms with van der Waals surface area (Å²) < 4.78 is 5.22.